The van der Waals surface area contributed by atoms with E-state index in [0.29, 0.717) is 11.4 Å². The van der Waals surface area contributed by atoms with E-state index in [1.54, 1.807) is 24.3 Å². The minimum absolute atomic E-state index is 0.0314. The molecule has 0 bridgehead atoms. The summed E-state index contributed by atoms with van der Waals surface area (Å²) in [5, 5.41) is 5.29. The number of amides is 2. The molecule has 1 aromatic rings. The van der Waals surface area contributed by atoms with Gasteiger partial charge in [-0.15, -0.1) is 0 Å². The van der Waals surface area contributed by atoms with Gasteiger partial charge in [-0.05, 0) is 26.0 Å². The number of carbonyl (C=O) groups excluding carboxylic acids is 2. The first-order chi connectivity index (χ1) is 8.08. The van der Waals surface area contributed by atoms with Gasteiger partial charge in [-0.1, -0.05) is 12.1 Å². The molecule has 0 aliphatic carbocycles. The van der Waals surface area contributed by atoms with Crippen LogP contribution in [0.2, 0.25) is 0 Å². The highest BCUT2D eigenvalue weighted by Gasteiger charge is 2.33. The molecule has 5 nitrogen and oxygen atoms in total. The molecule has 0 radical (unpaired) electrons. The van der Waals surface area contributed by atoms with E-state index in [-0.39, 0.29) is 6.04 Å². The Kier molecular flexibility index (Phi) is 2.99. The number of benzene rings is 1. The van der Waals surface area contributed by atoms with Crippen LogP contribution in [0.4, 0.5) is 5.69 Å². The highest BCUT2D eigenvalue weighted by Crippen LogP contribution is 2.28. The summed E-state index contributed by atoms with van der Waals surface area (Å²) >= 11 is 0. The summed E-state index contributed by atoms with van der Waals surface area (Å²) in [4.78, 5) is 23.4. The van der Waals surface area contributed by atoms with Gasteiger partial charge in [0.05, 0.1) is 5.69 Å². The highest BCUT2D eigenvalue weighted by molar-refractivity contribution is 6.11. The molecule has 2 amide bonds. The second-order valence-electron chi connectivity index (χ2n) is 4.15. The van der Waals surface area contributed by atoms with Gasteiger partial charge in [0, 0.05) is 6.04 Å². The summed E-state index contributed by atoms with van der Waals surface area (Å²) in [7, 11) is 0. The molecule has 0 saturated carbocycles. The van der Waals surface area contributed by atoms with Crippen LogP contribution in [0.1, 0.15) is 13.8 Å². The van der Waals surface area contributed by atoms with Crippen molar-refractivity contribution in [2.24, 2.45) is 0 Å². The molecule has 0 spiro atoms. The monoisotopic (exact) mass is 234 g/mol. The molecule has 1 aliphatic rings. The number of carbonyl (C=O) groups is 2. The van der Waals surface area contributed by atoms with E-state index in [1.165, 1.54) is 0 Å². The van der Waals surface area contributed by atoms with Crippen LogP contribution in [0.3, 0.4) is 0 Å². The normalized spacial score (nSPS) is 18.1. The molecule has 1 aromatic carbocycles. The lowest BCUT2D eigenvalue weighted by atomic mass is 10.2. The van der Waals surface area contributed by atoms with Crippen LogP contribution in [0.5, 0.6) is 5.75 Å². The maximum Gasteiger partial charge on any atom is 0.275 e. The Labute approximate surface area is 99.2 Å². The number of hydrogen-bond donors (Lipinski definition) is 2. The van der Waals surface area contributed by atoms with Crippen molar-refractivity contribution in [3.05, 3.63) is 24.3 Å². The highest BCUT2D eigenvalue weighted by atomic mass is 16.5. The summed E-state index contributed by atoms with van der Waals surface area (Å²) < 4.78 is 5.38. The molecule has 2 rings (SSSR count). The zero-order valence-corrected chi connectivity index (χ0v) is 9.69. The van der Waals surface area contributed by atoms with Gasteiger partial charge in [0.15, 0.2) is 0 Å². The van der Waals surface area contributed by atoms with Gasteiger partial charge in [-0.25, -0.2) is 0 Å². The average molecular weight is 234 g/mol. The lowest BCUT2D eigenvalue weighted by molar-refractivity contribution is -0.137. The molecule has 1 heterocycles. The van der Waals surface area contributed by atoms with Gasteiger partial charge >= 0.3 is 0 Å². The number of hydrogen-bond acceptors (Lipinski definition) is 3. The third-order valence-corrected chi connectivity index (χ3v) is 2.30. The number of rotatable bonds is 2. The Morgan fingerprint density at radius 1 is 1.41 bits per heavy atom. The molecular weight excluding hydrogens is 220 g/mol. The van der Waals surface area contributed by atoms with E-state index in [9.17, 15) is 9.59 Å². The van der Waals surface area contributed by atoms with E-state index in [4.69, 9.17) is 4.74 Å². The maximum atomic E-state index is 11.7. The molecule has 1 unspecified atom stereocenters. The third kappa shape index (κ3) is 2.38. The fraction of sp³-hybridized carbons (Fsp3) is 0.333. The van der Waals surface area contributed by atoms with Crippen molar-refractivity contribution in [3.8, 4) is 5.75 Å². The second-order valence-corrected chi connectivity index (χ2v) is 4.15. The van der Waals surface area contributed by atoms with E-state index < -0.39 is 17.9 Å². The van der Waals surface area contributed by atoms with Crippen molar-refractivity contribution >= 4 is 17.5 Å². The van der Waals surface area contributed by atoms with Crippen LogP contribution >= 0.6 is 0 Å². The number of anilines is 1. The van der Waals surface area contributed by atoms with Crippen LogP contribution in [0.25, 0.3) is 0 Å². The molecule has 0 fully saturated rings. The SMILES string of the molecule is CC(C)NC(=O)C1Oc2ccccc2NC1=O. The summed E-state index contributed by atoms with van der Waals surface area (Å²) in [6.45, 7) is 3.65. The van der Waals surface area contributed by atoms with Gasteiger partial charge in [0.2, 0.25) is 0 Å². The number of ether oxygens (including phenoxy) is 1. The van der Waals surface area contributed by atoms with Crippen LogP contribution in [0.15, 0.2) is 24.3 Å². The van der Waals surface area contributed by atoms with Crippen molar-refractivity contribution < 1.29 is 14.3 Å². The fourth-order valence-corrected chi connectivity index (χ4v) is 1.58. The molecule has 17 heavy (non-hydrogen) atoms. The third-order valence-electron chi connectivity index (χ3n) is 2.30. The summed E-state index contributed by atoms with van der Waals surface area (Å²) in [6.07, 6.45) is -1.12. The topological polar surface area (TPSA) is 67.4 Å². The smallest absolute Gasteiger partial charge is 0.275 e. The number of fused-ring (bicyclic) bond motifs is 1. The van der Waals surface area contributed by atoms with Crippen molar-refractivity contribution in [1.29, 1.82) is 0 Å². The van der Waals surface area contributed by atoms with Gasteiger partial charge in [-0.3, -0.25) is 9.59 Å². The van der Waals surface area contributed by atoms with E-state index >= 15 is 0 Å². The van der Waals surface area contributed by atoms with Crippen molar-refractivity contribution in [3.63, 3.8) is 0 Å². The first-order valence-corrected chi connectivity index (χ1v) is 5.45. The first-order valence-electron chi connectivity index (χ1n) is 5.45. The van der Waals surface area contributed by atoms with Gasteiger partial charge in [0.1, 0.15) is 5.75 Å². The predicted octanol–water partition coefficient (Wildman–Crippen LogP) is 0.911. The molecule has 1 aliphatic heterocycles. The predicted molar refractivity (Wildman–Crippen MR) is 62.8 cm³/mol. The maximum absolute atomic E-state index is 11.7. The van der Waals surface area contributed by atoms with Crippen molar-refractivity contribution in [2.75, 3.05) is 5.32 Å². The molecule has 5 heteroatoms. The Morgan fingerprint density at radius 2 is 2.12 bits per heavy atom. The molecule has 90 valence electrons. The summed E-state index contributed by atoms with van der Waals surface area (Å²) in [5.74, 6) is -0.357. The minimum atomic E-state index is -1.12. The van der Waals surface area contributed by atoms with Crippen LogP contribution in [0, 0.1) is 0 Å². The fourth-order valence-electron chi connectivity index (χ4n) is 1.58. The lowest BCUT2D eigenvalue weighted by Gasteiger charge is -2.25. The van der Waals surface area contributed by atoms with Gasteiger partial charge < -0.3 is 15.4 Å². The van der Waals surface area contributed by atoms with Gasteiger partial charge in [0.25, 0.3) is 17.9 Å². The van der Waals surface area contributed by atoms with Crippen LogP contribution in [-0.4, -0.2) is 24.0 Å². The minimum Gasteiger partial charge on any atom is -0.468 e. The quantitative estimate of drug-likeness (QED) is 0.747. The first kappa shape index (κ1) is 11.4. The summed E-state index contributed by atoms with van der Waals surface area (Å²) in [6, 6.07) is 6.98. The Bertz CT molecular complexity index is 457. The largest absolute Gasteiger partial charge is 0.468 e. The van der Waals surface area contributed by atoms with Crippen LogP contribution in [-0.2, 0) is 9.59 Å². The Balaban J connectivity index is 2.17. The molecule has 0 saturated heterocycles. The second kappa shape index (κ2) is 4.45. The van der Waals surface area contributed by atoms with E-state index in [2.05, 4.69) is 10.6 Å². The van der Waals surface area contributed by atoms with Crippen molar-refractivity contribution in [1.82, 2.24) is 5.32 Å². The van der Waals surface area contributed by atoms with E-state index in [0.717, 1.165) is 0 Å². The lowest BCUT2D eigenvalue weighted by Crippen LogP contribution is -2.50. The molecule has 0 aromatic heterocycles. The standard InChI is InChI=1S/C12H14N2O3/c1-7(2)13-11(15)10-12(16)14-8-5-3-4-6-9(8)17-10/h3-7,10H,1-2H3,(H,13,15)(H,14,16). The average Bonchev–Trinajstić information content (AvgIpc) is 2.27. The van der Waals surface area contributed by atoms with Crippen molar-refractivity contribution in [2.45, 2.75) is 26.0 Å². The zero-order chi connectivity index (χ0) is 12.4. The van der Waals surface area contributed by atoms with Crippen LogP contribution < -0.4 is 15.4 Å². The molecule has 1 atom stereocenters. The molecule has 2 N–H and O–H groups in total. The molecular formula is C12H14N2O3. The Morgan fingerprint density at radius 3 is 2.82 bits per heavy atom. The summed E-state index contributed by atoms with van der Waals surface area (Å²) in [5.41, 5.74) is 0.589. The van der Waals surface area contributed by atoms with Gasteiger partial charge in [-0.2, -0.15) is 0 Å². The number of nitrogens with one attached hydrogen (secondary N) is 2. The number of para-hydroxylation sites is 2. The zero-order valence-electron chi connectivity index (χ0n) is 9.69. The Hall–Kier alpha value is -2.04. The van der Waals surface area contributed by atoms with E-state index in [1.807, 2.05) is 13.8 Å².